The van der Waals surface area contributed by atoms with E-state index in [9.17, 15) is 0 Å². The van der Waals surface area contributed by atoms with Crippen molar-refractivity contribution in [2.75, 3.05) is 6.54 Å². The third-order valence-electron chi connectivity index (χ3n) is 3.60. The molecule has 1 aromatic heterocycles. The summed E-state index contributed by atoms with van der Waals surface area (Å²) in [4.78, 5) is 4.13. The lowest BCUT2D eigenvalue weighted by molar-refractivity contribution is -0.0697. The van der Waals surface area contributed by atoms with Crippen LogP contribution >= 0.6 is 0 Å². The minimum atomic E-state index is -0.0849. The van der Waals surface area contributed by atoms with Crippen LogP contribution in [0, 0.1) is 0 Å². The maximum atomic E-state index is 6.08. The van der Waals surface area contributed by atoms with Gasteiger partial charge in [-0.3, -0.25) is 4.98 Å². The molecule has 1 atom stereocenters. The lowest BCUT2D eigenvalue weighted by Gasteiger charge is -2.27. The Hall–Kier alpha value is -0.930. The zero-order valence-electron chi connectivity index (χ0n) is 11.9. The van der Waals surface area contributed by atoms with Crippen LogP contribution in [0.5, 0.6) is 0 Å². The van der Waals surface area contributed by atoms with Crippen molar-refractivity contribution >= 4 is 0 Å². The Morgan fingerprint density at radius 2 is 2.17 bits per heavy atom. The fourth-order valence-electron chi connectivity index (χ4n) is 2.82. The molecule has 1 N–H and O–H groups in total. The number of nitrogens with one attached hydrogen (secondary N) is 1. The molecule has 0 saturated carbocycles. The first-order valence-corrected chi connectivity index (χ1v) is 6.71. The van der Waals surface area contributed by atoms with Crippen LogP contribution in [0.1, 0.15) is 39.7 Å². The van der Waals surface area contributed by atoms with Crippen LogP contribution in [0.3, 0.4) is 0 Å². The van der Waals surface area contributed by atoms with E-state index in [1.54, 1.807) is 0 Å². The summed E-state index contributed by atoms with van der Waals surface area (Å²) in [6, 6.07) is 4.53. The SMILES string of the molecule is CC1(C)CC(NCCc2cccnc2)C(C)(C)O1. The van der Waals surface area contributed by atoms with E-state index in [0.29, 0.717) is 6.04 Å². The van der Waals surface area contributed by atoms with Crippen molar-refractivity contribution in [1.82, 2.24) is 10.3 Å². The van der Waals surface area contributed by atoms with Crippen molar-refractivity contribution in [3.05, 3.63) is 30.1 Å². The third kappa shape index (κ3) is 3.30. The minimum absolute atomic E-state index is 0.0184. The molecular formula is C15H24N2O. The van der Waals surface area contributed by atoms with Gasteiger partial charge >= 0.3 is 0 Å². The average Bonchev–Trinajstić information content (AvgIpc) is 2.48. The van der Waals surface area contributed by atoms with Crippen molar-refractivity contribution in [3.63, 3.8) is 0 Å². The molecular weight excluding hydrogens is 224 g/mol. The molecule has 18 heavy (non-hydrogen) atoms. The van der Waals surface area contributed by atoms with E-state index in [0.717, 1.165) is 19.4 Å². The number of ether oxygens (including phenoxy) is 1. The highest BCUT2D eigenvalue weighted by molar-refractivity contribution is 5.09. The number of pyridine rings is 1. The standard InChI is InChI=1S/C15H24N2O/c1-14(2)10-13(15(3,4)18-14)17-9-7-12-6-5-8-16-11-12/h5-6,8,11,13,17H,7,9-10H2,1-4H3. The van der Waals surface area contributed by atoms with Crippen molar-refractivity contribution < 1.29 is 4.74 Å². The van der Waals surface area contributed by atoms with Crippen molar-refractivity contribution in [2.45, 2.75) is 57.8 Å². The first-order valence-electron chi connectivity index (χ1n) is 6.71. The molecule has 3 heteroatoms. The van der Waals surface area contributed by atoms with E-state index in [1.807, 2.05) is 18.5 Å². The Morgan fingerprint density at radius 1 is 1.39 bits per heavy atom. The fourth-order valence-corrected chi connectivity index (χ4v) is 2.82. The Labute approximate surface area is 110 Å². The predicted molar refractivity (Wildman–Crippen MR) is 73.6 cm³/mol. The van der Waals surface area contributed by atoms with Gasteiger partial charge in [-0.1, -0.05) is 6.07 Å². The Bertz CT molecular complexity index is 387. The van der Waals surface area contributed by atoms with E-state index in [-0.39, 0.29) is 11.2 Å². The summed E-state index contributed by atoms with van der Waals surface area (Å²) in [6.45, 7) is 9.64. The molecule has 1 fully saturated rings. The molecule has 0 spiro atoms. The second kappa shape index (κ2) is 4.98. The number of rotatable bonds is 4. The fraction of sp³-hybridized carbons (Fsp3) is 0.667. The van der Waals surface area contributed by atoms with Crippen LogP contribution in [-0.4, -0.2) is 28.8 Å². The van der Waals surface area contributed by atoms with Crippen LogP contribution in [0.2, 0.25) is 0 Å². The van der Waals surface area contributed by atoms with Crippen LogP contribution in [-0.2, 0) is 11.2 Å². The van der Waals surface area contributed by atoms with Gasteiger partial charge in [0.05, 0.1) is 11.2 Å². The summed E-state index contributed by atoms with van der Waals surface area (Å²) >= 11 is 0. The molecule has 2 heterocycles. The Balaban J connectivity index is 1.84. The van der Waals surface area contributed by atoms with Gasteiger partial charge in [0.1, 0.15) is 0 Å². The first kappa shape index (κ1) is 13.5. The maximum absolute atomic E-state index is 6.08. The summed E-state index contributed by atoms with van der Waals surface area (Å²) in [5.74, 6) is 0. The second-order valence-electron chi connectivity index (χ2n) is 6.29. The molecule has 1 aromatic rings. The molecule has 3 nitrogen and oxygen atoms in total. The van der Waals surface area contributed by atoms with E-state index in [2.05, 4.69) is 44.1 Å². The summed E-state index contributed by atoms with van der Waals surface area (Å²) in [7, 11) is 0. The molecule has 1 aliphatic heterocycles. The van der Waals surface area contributed by atoms with Gasteiger partial charge in [0, 0.05) is 18.4 Å². The largest absolute Gasteiger partial charge is 0.368 e. The highest BCUT2D eigenvalue weighted by Gasteiger charge is 2.45. The lowest BCUT2D eigenvalue weighted by Crippen LogP contribution is -2.44. The van der Waals surface area contributed by atoms with E-state index < -0.39 is 0 Å². The number of hydrogen-bond donors (Lipinski definition) is 1. The predicted octanol–water partition coefficient (Wildman–Crippen LogP) is 2.56. The molecule has 100 valence electrons. The summed E-state index contributed by atoms with van der Waals surface area (Å²) in [5.41, 5.74) is 1.18. The summed E-state index contributed by atoms with van der Waals surface area (Å²) < 4.78 is 6.08. The monoisotopic (exact) mass is 248 g/mol. The second-order valence-corrected chi connectivity index (χ2v) is 6.29. The quantitative estimate of drug-likeness (QED) is 0.889. The zero-order chi connectivity index (χ0) is 13.2. The zero-order valence-corrected chi connectivity index (χ0v) is 11.9. The normalized spacial score (nSPS) is 25.2. The van der Waals surface area contributed by atoms with Crippen molar-refractivity contribution in [3.8, 4) is 0 Å². The smallest absolute Gasteiger partial charge is 0.0787 e. The van der Waals surface area contributed by atoms with Gasteiger partial charge in [0.25, 0.3) is 0 Å². The van der Waals surface area contributed by atoms with Gasteiger partial charge < -0.3 is 10.1 Å². The molecule has 0 aliphatic carbocycles. The Kier molecular flexibility index (Phi) is 3.74. The summed E-state index contributed by atoms with van der Waals surface area (Å²) in [5, 5.41) is 3.62. The molecule has 1 unspecified atom stereocenters. The van der Waals surface area contributed by atoms with Gasteiger partial charge in [-0.05, 0) is 58.7 Å². The maximum Gasteiger partial charge on any atom is 0.0787 e. The van der Waals surface area contributed by atoms with Crippen molar-refractivity contribution in [1.29, 1.82) is 0 Å². The number of nitrogens with zero attached hydrogens (tertiary/aromatic N) is 1. The van der Waals surface area contributed by atoms with Gasteiger partial charge in [-0.25, -0.2) is 0 Å². The van der Waals surface area contributed by atoms with E-state index in [1.165, 1.54) is 5.56 Å². The van der Waals surface area contributed by atoms with Gasteiger partial charge in [0.15, 0.2) is 0 Å². The molecule has 0 amide bonds. The molecule has 0 bridgehead atoms. The molecule has 0 aromatic carbocycles. The highest BCUT2D eigenvalue weighted by atomic mass is 16.5. The van der Waals surface area contributed by atoms with Gasteiger partial charge in [-0.15, -0.1) is 0 Å². The summed E-state index contributed by atoms with van der Waals surface area (Å²) in [6.07, 6.45) is 5.82. The third-order valence-corrected chi connectivity index (χ3v) is 3.60. The molecule has 2 rings (SSSR count). The lowest BCUT2D eigenvalue weighted by atomic mass is 9.94. The number of hydrogen-bond acceptors (Lipinski definition) is 3. The van der Waals surface area contributed by atoms with Crippen LogP contribution < -0.4 is 5.32 Å². The van der Waals surface area contributed by atoms with E-state index in [4.69, 9.17) is 4.74 Å². The van der Waals surface area contributed by atoms with Crippen LogP contribution in [0.25, 0.3) is 0 Å². The van der Waals surface area contributed by atoms with Crippen LogP contribution in [0.4, 0.5) is 0 Å². The molecule has 1 aliphatic rings. The topological polar surface area (TPSA) is 34.2 Å². The van der Waals surface area contributed by atoms with E-state index >= 15 is 0 Å². The molecule has 1 saturated heterocycles. The van der Waals surface area contributed by atoms with Crippen LogP contribution in [0.15, 0.2) is 24.5 Å². The first-order chi connectivity index (χ1) is 8.39. The van der Waals surface area contributed by atoms with Gasteiger partial charge in [-0.2, -0.15) is 0 Å². The number of aromatic nitrogens is 1. The minimum Gasteiger partial charge on any atom is -0.368 e. The average molecular weight is 248 g/mol. The van der Waals surface area contributed by atoms with Crippen molar-refractivity contribution in [2.24, 2.45) is 0 Å². The van der Waals surface area contributed by atoms with Gasteiger partial charge in [0.2, 0.25) is 0 Å². The molecule has 0 radical (unpaired) electrons. The Morgan fingerprint density at radius 3 is 2.72 bits per heavy atom. The highest BCUT2D eigenvalue weighted by Crippen LogP contribution is 2.37.